The number of hydrogen-bond acceptors (Lipinski definition) is 2. The molecule has 4 heteroatoms. The highest BCUT2D eigenvalue weighted by Crippen LogP contribution is 2.17. The van der Waals surface area contributed by atoms with Gasteiger partial charge in [0.15, 0.2) is 0 Å². The SMILES string of the molecule is CN1CCC(CC(=O)NCc2ccccc2F)C1. The van der Waals surface area contributed by atoms with Gasteiger partial charge in [0.2, 0.25) is 5.91 Å². The second-order valence-corrected chi connectivity index (χ2v) is 4.99. The molecule has 98 valence electrons. The van der Waals surface area contributed by atoms with Gasteiger partial charge in [0, 0.05) is 25.1 Å². The molecular weight excluding hydrogens is 231 g/mol. The molecule has 1 saturated heterocycles. The van der Waals surface area contributed by atoms with E-state index in [1.807, 2.05) is 0 Å². The largest absolute Gasteiger partial charge is 0.352 e. The molecule has 1 amide bonds. The van der Waals surface area contributed by atoms with E-state index in [2.05, 4.69) is 17.3 Å². The number of benzene rings is 1. The van der Waals surface area contributed by atoms with Crippen molar-refractivity contribution in [1.82, 2.24) is 10.2 Å². The lowest BCUT2D eigenvalue weighted by Gasteiger charge is -2.11. The second kappa shape index (κ2) is 5.96. The standard InChI is InChI=1S/C14H19FN2O/c1-17-7-6-11(10-17)8-14(18)16-9-12-4-2-3-5-13(12)15/h2-5,11H,6-10H2,1H3,(H,16,18). The molecule has 1 atom stereocenters. The third-order valence-corrected chi connectivity index (χ3v) is 3.40. The third kappa shape index (κ3) is 3.53. The van der Waals surface area contributed by atoms with Crippen LogP contribution in [0, 0.1) is 11.7 Å². The van der Waals surface area contributed by atoms with Crippen LogP contribution in [0.1, 0.15) is 18.4 Å². The van der Waals surface area contributed by atoms with Crippen LogP contribution in [0.3, 0.4) is 0 Å². The zero-order chi connectivity index (χ0) is 13.0. The molecule has 18 heavy (non-hydrogen) atoms. The van der Waals surface area contributed by atoms with Crippen molar-refractivity contribution >= 4 is 5.91 Å². The Hall–Kier alpha value is -1.42. The van der Waals surface area contributed by atoms with E-state index in [1.54, 1.807) is 18.2 Å². The minimum Gasteiger partial charge on any atom is -0.352 e. The van der Waals surface area contributed by atoms with Crippen LogP contribution in [0.15, 0.2) is 24.3 Å². The molecule has 1 unspecified atom stereocenters. The fourth-order valence-electron chi connectivity index (χ4n) is 2.36. The van der Waals surface area contributed by atoms with Crippen LogP contribution in [0.2, 0.25) is 0 Å². The average molecular weight is 250 g/mol. The van der Waals surface area contributed by atoms with Gasteiger partial charge >= 0.3 is 0 Å². The highest BCUT2D eigenvalue weighted by atomic mass is 19.1. The molecule has 0 aliphatic carbocycles. The molecule has 0 saturated carbocycles. The van der Waals surface area contributed by atoms with Crippen molar-refractivity contribution in [2.24, 2.45) is 5.92 Å². The van der Waals surface area contributed by atoms with Crippen molar-refractivity contribution in [3.8, 4) is 0 Å². The predicted molar refractivity (Wildman–Crippen MR) is 68.5 cm³/mol. The summed E-state index contributed by atoms with van der Waals surface area (Å²) >= 11 is 0. The zero-order valence-corrected chi connectivity index (χ0v) is 10.7. The van der Waals surface area contributed by atoms with Crippen molar-refractivity contribution in [1.29, 1.82) is 0 Å². The Morgan fingerprint density at radius 1 is 1.50 bits per heavy atom. The van der Waals surface area contributed by atoms with Crippen molar-refractivity contribution in [3.05, 3.63) is 35.6 Å². The van der Waals surface area contributed by atoms with Crippen molar-refractivity contribution in [2.45, 2.75) is 19.4 Å². The van der Waals surface area contributed by atoms with Crippen molar-refractivity contribution < 1.29 is 9.18 Å². The number of likely N-dealkylation sites (tertiary alicyclic amines) is 1. The monoisotopic (exact) mass is 250 g/mol. The minimum absolute atomic E-state index is 0.0125. The summed E-state index contributed by atoms with van der Waals surface area (Å²) < 4.78 is 13.3. The Bertz CT molecular complexity index is 422. The van der Waals surface area contributed by atoms with E-state index in [4.69, 9.17) is 0 Å². The Balaban J connectivity index is 1.77. The average Bonchev–Trinajstić information content (AvgIpc) is 2.74. The van der Waals surface area contributed by atoms with Gasteiger partial charge in [-0.3, -0.25) is 4.79 Å². The first kappa shape index (κ1) is 13.0. The van der Waals surface area contributed by atoms with E-state index in [-0.39, 0.29) is 18.3 Å². The first-order valence-electron chi connectivity index (χ1n) is 6.34. The molecule has 3 nitrogen and oxygen atoms in total. The Labute approximate surface area is 107 Å². The van der Waals surface area contributed by atoms with E-state index in [1.165, 1.54) is 6.07 Å². The molecule has 1 fully saturated rings. The van der Waals surface area contributed by atoms with Gasteiger partial charge in [0.05, 0.1) is 0 Å². The maximum absolute atomic E-state index is 13.3. The van der Waals surface area contributed by atoms with Gasteiger partial charge < -0.3 is 10.2 Å². The Morgan fingerprint density at radius 2 is 2.28 bits per heavy atom. The normalized spacial score (nSPS) is 20.0. The quantitative estimate of drug-likeness (QED) is 0.883. The molecule has 0 bridgehead atoms. The van der Waals surface area contributed by atoms with Gasteiger partial charge in [-0.25, -0.2) is 4.39 Å². The Morgan fingerprint density at radius 3 is 2.94 bits per heavy atom. The van der Waals surface area contributed by atoms with Crippen molar-refractivity contribution in [3.63, 3.8) is 0 Å². The first-order valence-corrected chi connectivity index (χ1v) is 6.34. The van der Waals surface area contributed by atoms with Gasteiger partial charge in [0.25, 0.3) is 0 Å². The number of halogens is 1. The zero-order valence-electron chi connectivity index (χ0n) is 10.7. The maximum atomic E-state index is 13.3. The molecule has 0 spiro atoms. The smallest absolute Gasteiger partial charge is 0.220 e. The van der Waals surface area contributed by atoms with Gasteiger partial charge in [0.1, 0.15) is 5.82 Å². The van der Waals surface area contributed by atoms with E-state index < -0.39 is 0 Å². The van der Waals surface area contributed by atoms with Crippen LogP contribution in [0.25, 0.3) is 0 Å². The van der Waals surface area contributed by atoms with E-state index in [9.17, 15) is 9.18 Å². The molecule has 2 rings (SSSR count). The summed E-state index contributed by atoms with van der Waals surface area (Å²) in [5, 5.41) is 2.78. The molecule has 1 heterocycles. The van der Waals surface area contributed by atoms with E-state index >= 15 is 0 Å². The van der Waals surface area contributed by atoms with Crippen LogP contribution in [0.5, 0.6) is 0 Å². The summed E-state index contributed by atoms with van der Waals surface area (Å²) in [6.45, 7) is 2.31. The predicted octanol–water partition coefficient (Wildman–Crippen LogP) is 1.78. The summed E-state index contributed by atoms with van der Waals surface area (Å²) in [5.41, 5.74) is 0.536. The summed E-state index contributed by atoms with van der Waals surface area (Å²) in [4.78, 5) is 14.0. The molecule has 0 aromatic heterocycles. The van der Waals surface area contributed by atoms with Crippen LogP contribution in [-0.2, 0) is 11.3 Å². The first-order chi connectivity index (χ1) is 8.65. The van der Waals surface area contributed by atoms with E-state index in [0.717, 1.165) is 19.5 Å². The van der Waals surface area contributed by atoms with Crippen molar-refractivity contribution in [2.75, 3.05) is 20.1 Å². The van der Waals surface area contributed by atoms with Gasteiger partial charge in [-0.05, 0) is 32.0 Å². The molecule has 1 aromatic rings. The molecule has 1 aliphatic rings. The lowest BCUT2D eigenvalue weighted by Crippen LogP contribution is -2.26. The number of nitrogens with one attached hydrogen (secondary N) is 1. The molecule has 0 radical (unpaired) electrons. The molecule has 1 aromatic carbocycles. The van der Waals surface area contributed by atoms with Gasteiger partial charge in [-0.15, -0.1) is 0 Å². The summed E-state index contributed by atoms with van der Waals surface area (Å²) in [6.07, 6.45) is 1.61. The highest BCUT2D eigenvalue weighted by Gasteiger charge is 2.21. The number of rotatable bonds is 4. The number of nitrogens with zero attached hydrogens (tertiary/aromatic N) is 1. The lowest BCUT2D eigenvalue weighted by atomic mass is 10.0. The van der Waals surface area contributed by atoms with Gasteiger partial charge in [-0.1, -0.05) is 18.2 Å². The van der Waals surface area contributed by atoms with Crippen LogP contribution >= 0.6 is 0 Å². The fourth-order valence-corrected chi connectivity index (χ4v) is 2.36. The number of carbonyl (C=O) groups is 1. The minimum atomic E-state index is -0.265. The number of carbonyl (C=O) groups excluding carboxylic acids is 1. The second-order valence-electron chi connectivity index (χ2n) is 4.99. The Kier molecular flexibility index (Phi) is 4.31. The van der Waals surface area contributed by atoms with Crippen LogP contribution in [-0.4, -0.2) is 30.9 Å². The van der Waals surface area contributed by atoms with Gasteiger partial charge in [-0.2, -0.15) is 0 Å². The third-order valence-electron chi connectivity index (χ3n) is 3.40. The summed E-state index contributed by atoms with van der Waals surface area (Å²) in [6, 6.07) is 6.53. The summed E-state index contributed by atoms with van der Waals surface area (Å²) in [7, 11) is 2.07. The topological polar surface area (TPSA) is 32.3 Å². The molecule has 1 N–H and O–H groups in total. The summed E-state index contributed by atoms with van der Waals surface area (Å²) in [5.74, 6) is 0.188. The molecule has 1 aliphatic heterocycles. The van der Waals surface area contributed by atoms with E-state index in [0.29, 0.717) is 17.9 Å². The fraction of sp³-hybridized carbons (Fsp3) is 0.500. The number of hydrogen-bond donors (Lipinski definition) is 1. The maximum Gasteiger partial charge on any atom is 0.220 e. The van der Waals surface area contributed by atoms with Crippen LogP contribution in [0.4, 0.5) is 4.39 Å². The lowest BCUT2D eigenvalue weighted by molar-refractivity contribution is -0.122. The molecular formula is C14H19FN2O. The highest BCUT2D eigenvalue weighted by molar-refractivity contribution is 5.76. The number of amides is 1. The van der Waals surface area contributed by atoms with Crippen LogP contribution < -0.4 is 5.32 Å².